The van der Waals surface area contributed by atoms with Crippen LogP contribution in [0.3, 0.4) is 0 Å². The zero-order valence-corrected chi connectivity index (χ0v) is 17.1. The smallest absolute Gasteiger partial charge is 0.191 e. The Bertz CT molecular complexity index is 530. The number of rotatable bonds is 10. The predicted molar refractivity (Wildman–Crippen MR) is 111 cm³/mol. The van der Waals surface area contributed by atoms with Gasteiger partial charge in [0.05, 0.1) is 12.7 Å². The third kappa shape index (κ3) is 8.73. The van der Waals surface area contributed by atoms with Crippen LogP contribution in [0.5, 0.6) is 0 Å². The van der Waals surface area contributed by atoms with Crippen LogP contribution in [-0.4, -0.2) is 70.0 Å². The van der Waals surface area contributed by atoms with Gasteiger partial charge in [-0.25, -0.2) is 0 Å². The van der Waals surface area contributed by atoms with Crippen LogP contribution >= 0.6 is 0 Å². The molecule has 0 bridgehead atoms. The van der Waals surface area contributed by atoms with Crippen LogP contribution in [0.1, 0.15) is 31.7 Å². The molecule has 0 aliphatic carbocycles. The first-order valence-electron chi connectivity index (χ1n) is 10.0. The molecule has 6 heteroatoms. The zero-order chi connectivity index (χ0) is 19.3. The molecular formula is C21H36N4O2. The van der Waals surface area contributed by atoms with E-state index >= 15 is 0 Å². The van der Waals surface area contributed by atoms with Gasteiger partial charge in [0.2, 0.25) is 0 Å². The lowest BCUT2D eigenvalue weighted by molar-refractivity contribution is 0.00534. The maximum absolute atomic E-state index is 6.07. The lowest BCUT2D eigenvalue weighted by atomic mass is 10.1. The number of likely N-dealkylation sites (tertiary alicyclic amines) is 1. The summed E-state index contributed by atoms with van der Waals surface area (Å²) in [7, 11) is 3.49. The first-order chi connectivity index (χ1) is 13.2. The van der Waals surface area contributed by atoms with Crippen LogP contribution in [0, 0.1) is 0 Å². The number of ether oxygens (including phenoxy) is 2. The van der Waals surface area contributed by atoms with Crippen molar-refractivity contribution in [2.75, 3.05) is 47.0 Å². The van der Waals surface area contributed by atoms with Crippen molar-refractivity contribution in [1.29, 1.82) is 0 Å². The highest BCUT2D eigenvalue weighted by molar-refractivity contribution is 5.79. The van der Waals surface area contributed by atoms with Gasteiger partial charge in [-0.05, 0) is 31.7 Å². The topological polar surface area (TPSA) is 58.1 Å². The molecule has 1 aromatic carbocycles. The molecule has 1 fully saturated rings. The average Bonchev–Trinajstić information content (AvgIpc) is 2.69. The first-order valence-corrected chi connectivity index (χ1v) is 10.0. The second-order valence-corrected chi connectivity index (χ2v) is 7.19. The van der Waals surface area contributed by atoms with Crippen molar-refractivity contribution in [2.24, 2.45) is 4.99 Å². The number of benzene rings is 1. The summed E-state index contributed by atoms with van der Waals surface area (Å²) in [5, 5.41) is 6.63. The molecule has 1 aliphatic heterocycles. The van der Waals surface area contributed by atoms with E-state index in [4.69, 9.17) is 9.47 Å². The Morgan fingerprint density at radius 3 is 2.67 bits per heavy atom. The van der Waals surface area contributed by atoms with E-state index in [2.05, 4.69) is 57.8 Å². The number of hydrogen-bond acceptors (Lipinski definition) is 4. The maximum Gasteiger partial charge on any atom is 0.191 e. The molecule has 1 saturated heterocycles. The Morgan fingerprint density at radius 2 is 2.00 bits per heavy atom. The minimum absolute atomic E-state index is 0.235. The summed E-state index contributed by atoms with van der Waals surface area (Å²) < 4.78 is 11.2. The summed E-state index contributed by atoms with van der Waals surface area (Å²) in [6, 6.07) is 10.9. The summed E-state index contributed by atoms with van der Waals surface area (Å²) in [4.78, 5) is 6.75. The van der Waals surface area contributed by atoms with Crippen molar-refractivity contribution in [1.82, 2.24) is 15.5 Å². The van der Waals surface area contributed by atoms with Crippen molar-refractivity contribution in [2.45, 2.75) is 44.9 Å². The molecule has 1 aromatic rings. The summed E-state index contributed by atoms with van der Waals surface area (Å²) in [5.74, 6) is 0.814. The van der Waals surface area contributed by atoms with Gasteiger partial charge in [0.15, 0.2) is 5.96 Å². The van der Waals surface area contributed by atoms with Crippen molar-refractivity contribution < 1.29 is 9.47 Å². The highest BCUT2D eigenvalue weighted by Crippen LogP contribution is 2.16. The number of piperidine rings is 1. The van der Waals surface area contributed by atoms with Gasteiger partial charge in [-0.1, -0.05) is 30.3 Å². The quantitative estimate of drug-likeness (QED) is 0.373. The van der Waals surface area contributed by atoms with Crippen LogP contribution in [0.4, 0.5) is 0 Å². The molecule has 27 heavy (non-hydrogen) atoms. The van der Waals surface area contributed by atoms with E-state index in [1.165, 1.54) is 5.56 Å². The van der Waals surface area contributed by atoms with E-state index in [-0.39, 0.29) is 6.04 Å². The van der Waals surface area contributed by atoms with Crippen LogP contribution in [0.2, 0.25) is 0 Å². The molecule has 2 rings (SSSR count). The standard InChI is InChI=1S/C21H36N4O2/c1-18(17-26-3)24-21(22-2)23-12-7-15-27-20-10-13-25(14-11-20)16-19-8-5-4-6-9-19/h4-6,8-9,18,20H,7,10-17H2,1-3H3,(H2,22,23,24). The van der Waals surface area contributed by atoms with Gasteiger partial charge in [-0.3, -0.25) is 9.89 Å². The maximum atomic E-state index is 6.07. The largest absolute Gasteiger partial charge is 0.383 e. The molecule has 0 saturated carbocycles. The molecule has 6 nitrogen and oxygen atoms in total. The van der Waals surface area contributed by atoms with E-state index in [0.29, 0.717) is 12.7 Å². The highest BCUT2D eigenvalue weighted by atomic mass is 16.5. The molecule has 1 unspecified atom stereocenters. The van der Waals surface area contributed by atoms with Gasteiger partial charge in [0.1, 0.15) is 0 Å². The SMILES string of the molecule is CN=C(NCCCOC1CCN(Cc2ccccc2)CC1)NC(C)COC. The number of aliphatic imine (C=N–C) groups is 1. The monoisotopic (exact) mass is 376 g/mol. The number of guanidine groups is 1. The van der Waals surface area contributed by atoms with Crippen LogP contribution in [-0.2, 0) is 16.0 Å². The highest BCUT2D eigenvalue weighted by Gasteiger charge is 2.19. The van der Waals surface area contributed by atoms with Crippen molar-refractivity contribution in [3.63, 3.8) is 0 Å². The molecule has 1 atom stereocenters. The summed E-state index contributed by atoms with van der Waals surface area (Å²) in [5.41, 5.74) is 1.39. The molecule has 0 amide bonds. The Kier molecular flexibility index (Phi) is 10.2. The zero-order valence-electron chi connectivity index (χ0n) is 17.1. The molecule has 0 spiro atoms. The van der Waals surface area contributed by atoms with Crippen LogP contribution in [0.25, 0.3) is 0 Å². The fourth-order valence-electron chi connectivity index (χ4n) is 3.32. The Balaban J connectivity index is 1.53. The third-order valence-corrected chi connectivity index (χ3v) is 4.77. The van der Waals surface area contributed by atoms with Crippen molar-refractivity contribution in [3.05, 3.63) is 35.9 Å². The molecule has 1 aliphatic rings. The van der Waals surface area contributed by atoms with Gasteiger partial charge >= 0.3 is 0 Å². The van der Waals surface area contributed by atoms with E-state index in [1.54, 1.807) is 14.2 Å². The Labute approximate surface area is 164 Å². The molecule has 152 valence electrons. The Morgan fingerprint density at radius 1 is 1.26 bits per heavy atom. The third-order valence-electron chi connectivity index (χ3n) is 4.77. The second-order valence-electron chi connectivity index (χ2n) is 7.19. The van der Waals surface area contributed by atoms with Gasteiger partial charge in [-0.2, -0.15) is 0 Å². The first kappa shape index (κ1) is 21.7. The fourth-order valence-corrected chi connectivity index (χ4v) is 3.32. The van der Waals surface area contributed by atoms with Gasteiger partial charge < -0.3 is 20.1 Å². The van der Waals surface area contributed by atoms with Gasteiger partial charge in [-0.15, -0.1) is 0 Å². The normalized spacial score (nSPS) is 17.7. The molecule has 1 heterocycles. The van der Waals surface area contributed by atoms with Crippen molar-refractivity contribution in [3.8, 4) is 0 Å². The second kappa shape index (κ2) is 12.7. The van der Waals surface area contributed by atoms with E-state index in [1.807, 2.05) is 0 Å². The lowest BCUT2D eigenvalue weighted by Crippen LogP contribution is -2.44. The van der Waals surface area contributed by atoms with Crippen LogP contribution < -0.4 is 10.6 Å². The fraction of sp³-hybridized carbons (Fsp3) is 0.667. The number of hydrogen-bond donors (Lipinski definition) is 2. The van der Waals surface area contributed by atoms with E-state index < -0.39 is 0 Å². The predicted octanol–water partition coefficient (Wildman–Crippen LogP) is 2.26. The molecule has 0 radical (unpaired) electrons. The van der Waals surface area contributed by atoms with Gasteiger partial charge in [0.25, 0.3) is 0 Å². The number of nitrogens with one attached hydrogen (secondary N) is 2. The molecular weight excluding hydrogens is 340 g/mol. The minimum atomic E-state index is 0.235. The van der Waals surface area contributed by atoms with Crippen LogP contribution in [0.15, 0.2) is 35.3 Å². The number of methoxy groups -OCH3 is 1. The summed E-state index contributed by atoms with van der Waals surface area (Å²) >= 11 is 0. The number of nitrogens with zero attached hydrogens (tertiary/aromatic N) is 2. The molecule has 2 N–H and O–H groups in total. The Hall–Kier alpha value is -1.63. The molecule has 0 aromatic heterocycles. The van der Waals surface area contributed by atoms with E-state index in [0.717, 1.165) is 58.0 Å². The summed E-state index contributed by atoms with van der Waals surface area (Å²) in [6.07, 6.45) is 3.62. The lowest BCUT2D eigenvalue weighted by Gasteiger charge is -2.32. The van der Waals surface area contributed by atoms with E-state index in [9.17, 15) is 0 Å². The van der Waals surface area contributed by atoms with Gasteiger partial charge in [0, 0.05) is 53.0 Å². The summed E-state index contributed by atoms with van der Waals surface area (Å²) in [6.45, 7) is 7.66. The minimum Gasteiger partial charge on any atom is -0.383 e. The van der Waals surface area contributed by atoms with Crippen molar-refractivity contribution >= 4 is 5.96 Å². The average molecular weight is 377 g/mol.